The summed E-state index contributed by atoms with van der Waals surface area (Å²) >= 11 is 0. The van der Waals surface area contributed by atoms with E-state index in [0.717, 1.165) is 116 Å². The van der Waals surface area contributed by atoms with Crippen LogP contribution in [0.25, 0.3) is 0 Å². The van der Waals surface area contributed by atoms with E-state index in [9.17, 15) is 14.4 Å². The second-order valence-corrected chi connectivity index (χ2v) is 20.6. The van der Waals surface area contributed by atoms with Gasteiger partial charge in [-0.25, -0.2) is 0 Å². The average molecular weight is 1020 g/mol. The minimum Gasteiger partial charge on any atom is -0.462 e. The number of esters is 3. The maximum Gasteiger partial charge on any atom is 0.306 e. The van der Waals surface area contributed by atoms with Crippen LogP contribution in [0.5, 0.6) is 0 Å². The van der Waals surface area contributed by atoms with E-state index in [0.29, 0.717) is 19.3 Å². The summed E-state index contributed by atoms with van der Waals surface area (Å²) in [5.41, 5.74) is 0. The summed E-state index contributed by atoms with van der Waals surface area (Å²) in [5, 5.41) is 0. The molecule has 0 fully saturated rings. The van der Waals surface area contributed by atoms with Crippen molar-refractivity contribution in [1.82, 2.24) is 0 Å². The molecule has 0 aromatic heterocycles. The lowest BCUT2D eigenvalue weighted by atomic mass is 10.0. The van der Waals surface area contributed by atoms with E-state index in [1.807, 2.05) is 0 Å². The molecule has 1 unspecified atom stereocenters. The number of carbonyl (C=O) groups excluding carboxylic acids is 3. The maximum absolute atomic E-state index is 12.9. The third-order valence-electron chi connectivity index (χ3n) is 13.4. The van der Waals surface area contributed by atoms with Crippen LogP contribution in [-0.2, 0) is 28.6 Å². The first-order valence-corrected chi connectivity index (χ1v) is 31.1. The van der Waals surface area contributed by atoms with Gasteiger partial charge >= 0.3 is 17.9 Å². The van der Waals surface area contributed by atoms with Gasteiger partial charge in [0.2, 0.25) is 0 Å². The summed E-state index contributed by atoms with van der Waals surface area (Å²) < 4.78 is 16.9. The Hall–Kier alpha value is -3.41. The molecule has 0 aromatic rings. The van der Waals surface area contributed by atoms with Crippen molar-refractivity contribution in [2.45, 2.75) is 309 Å². The van der Waals surface area contributed by atoms with Crippen LogP contribution in [0.1, 0.15) is 303 Å². The minimum absolute atomic E-state index is 0.0820. The number of rotatable bonds is 56. The Bertz CT molecular complexity index is 1400. The van der Waals surface area contributed by atoms with Crippen molar-refractivity contribution >= 4 is 17.9 Å². The van der Waals surface area contributed by atoms with Crippen molar-refractivity contribution < 1.29 is 28.6 Å². The highest BCUT2D eigenvalue weighted by Gasteiger charge is 2.19. The van der Waals surface area contributed by atoms with Crippen LogP contribution in [0.4, 0.5) is 0 Å². The normalized spacial score (nSPS) is 12.6. The predicted molar refractivity (Wildman–Crippen MR) is 316 cm³/mol. The molecule has 0 radical (unpaired) electrons. The molecular weight excluding hydrogens is 901 g/mol. The second-order valence-electron chi connectivity index (χ2n) is 20.6. The molecule has 0 aliphatic carbocycles. The van der Waals surface area contributed by atoms with E-state index in [-0.39, 0.29) is 31.1 Å². The van der Waals surface area contributed by atoms with Crippen molar-refractivity contribution in [3.8, 4) is 0 Å². The molecule has 0 amide bonds. The third kappa shape index (κ3) is 59.3. The van der Waals surface area contributed by atoms with Gasteiger partial charge in [0.15, 0.2) is 6.10 Å². The van der Waals surface area contributed by atoms with Crippen LogP contribution in [0.2, 0.25) is 0 Å². The average Bonchev–Trinajstić information content (AvgIpc) is 3.39. The van der Waals surface area contributed by atoms with Crippen molar-refractivity contribution in [2.24, 2.45) is 0 Å². The molecule has 0 aliphatic heterocycles. The standard InChI is InChI=1S/C67H116O6/c1-4-7-10-13-16-19-22-25-28-30-32-33-35-36-39-42-45-48-51-54-57-60-66(69)72-63-64(62-71-65(68)59-56-53-50-47-44-41-38-27-24-21-18-15-12-9-6-3)73-67(70)61-58-55-52-49-46-43-40-37-34-31-29-26-23-20-17-14-11-8-5-2/h7,10,16-17,19-20,25-26,28-29,32-33,36,39,64H,4-6,8-9,11-15,18,21-24,27,30-31,34-35,37-38,40-63H2,1-3H3/b10-7-,19-16-,20-17-,28-25-,29-26-,33-32-,39-36-. The van der Waals surface area contributed by atoms with Gasteiger partial charge in [-0.1, -0.05) is 273 Å². The van der Waals surface area contributed by atoms with E-state index in [4.69, 9.17) is 14.2 Å². The van der Waals surface area contributed by atoms with Crippen LogP contribution in [0.15, 0.2) is 85.1 Å². The number of ether oxygens (including phenoxy) is 3. The fraction of sp³-hybridized carbons (Fsp3) is 0.746. The lowest BCUT2D eigenvalue weighted by molar-refractivity contribution is -0.167. The maximum atomic E-state index is 12.9. The van der Waals surface area contributed by atoms with Crippen LogP contribution >= 0.6 is 0 Å². The summed E-state index contributed by atoms with van der Waals surface area (Å²) in [6.07, 6.45) is 80.0. The minimum atomic E-state index is -0.787. The monoisotopic (exact) mass is 1020 g/mol. The molecule has 0 spiro atoms. The van der Waals surface area contributed by atoms with E-state index >= 15 is 0 Å². The number of allylic oxidation sites excluding steroid dienone is 14. The van der Waals surface area contributed by atoms with Crippen LogP contribution < -0.4 is 0 Å². The van der Waals surface area contributed by atoms with Crippen molar-refractivity contribution in [1.29, 1.82) is 0 Å². The molecular formula is C67H116O6. The van der Waals surface area contributed by atoms with Gasteiger partial charge in [0.05, 0.1) is 0 Å². The number of hydrogen-bond acceptors (Lipinski definition) is 6. The quantitative estimate of drug-likeness (QED) is 0.0261. The largest absolute Gasteiger partial charge is 0.462 e. The zero-order chi connectivity index (χ0) is 52.9. The first-order valence-electron chi connectivity index (χ1n) is 31.1. The molecule has 420 valence electrons. The number of carbonyl (C=O) groups is 3. The molecule has 0 aliphatic rings. The number of unbranched alkanes of at least 4 members (excludes halogenated alkanes) is 31. The van der Waals surface area contributed by atoms with Crippen molar-refractivity contribution in [2.75, 3.05) is 13.2 Å². The van der Waals surface area contributed by atoms with Crippen LogP contribution in [0, 0.1) is 0 Å². The molecule has 0 saturated carbocycles. The van der Waals surface area contributed by atoms with Gasteiger partial charge in [-0.3, -0.25) is 14.4 Å². The summed E-state index contributed by atoms with van der Waals surface area (Å²) in [6, 6.07) is 0. The lowest BCUT2D eigenvalue weighted by Crippen LogP contribution is -2.30. The van der Waals surface area contributed by atoms with E-state index < -0.39 is 6.10 Å². The molecule has 0 N–H and O–H groups in total. The molecule has 6 heteroatoms. The SMILES string of the molecule is CC/C=C\C/C=C\C/C=C\C/C=C\C/C=C\CCCCCCCC(=O)OCC(COC(=O)CCCCCCCCCCCCCCCCC)OC(=O)CCCCCCCCCCC/C=C\C/C=C\CCCCC. The highest BCUT2D eigenvalue weighted by atomic mass is 16.6. The molecule has 1 atom stereocenters. The summed E-state index contributed by atoms with van der Waals surface area (Å²) in [7, 11) is 0. The lowest BCUT2D eigenvalue weighted by Gasteiger charge is -2.18. The molecule has 0 heterocycles. The van der Waals surface area contributed by atoms with Crippen LogP contribution in [-0.4, -0.2) is 37.2 Å². The summed E-state index contributed by atoms with van der Waals surface area (Å²) in [5.74, 6) is -0.893. The molecule has 6 nitrogen and oxygen atoms in total. The second kappa shape index (κ2) is 61.1. The van der Waals surface area contributed by atoms with Gasteiger partial charge in [-0.15, -0.1) is 0 Å². The fourth-order valence-electron chi connectivity index (χ4n) is 8.74. The van der Waals surface area contributed by atoms with Gasteiger partial charge in [-0.05, 0) is 96.3 Å². The molecule has 0 rings (SSSR count). The first kappa shape index (κ1) is 69.6. The Morgan fingerprint density at radius 1 is 0.288 bits per heavy atom. The smallest absolute Gasteiger partial charge is 0.306 e. The van der Waals surface area contributed by atoms with E-state index in [2.05, 4.69) is 106 Å². The van der Waals surface area contributed by atoms with Crippen molar-refractivity contribution in [3.05, 3.63) is 85.1 Å². The summed E-state index contributed by atoms with van der Waals surface area (Å²) in [4.78, 5) is 38.3. The van der Waals surface area contributed by atoms with Gasteiger partial charge < -0.3 is 14.2 Å². The topological polar surface area (TPSA) is 78.9 Å². The Morgan fingerprint density at radius 3 is 0.863 bits per heavy atom. The van der Waals surface area contributed by atoms with Crippen molar-refractivity contribution in [3.63, 3.8) is 0 Å². The highest BCUT2D eigenvalue weighted by molar-refractivity contribution is 5.71. The Kier molecular flexibility index (Phi) is 58.3. The van der Waals surface area contributed by atoms with Gasteiger partial charge in [0.25, 0.3) is 0 Å². The van der Waals surface area contributed by atoms with Gasteiger partial charge in [-0.2, -0.15) is 0 Å². The fourth-order valence-corrected chi connectivity index (χ4v) is 8.74. The highest BCUT2D eigenvalue weighted by Crippen LogP contribution is 2.16. The van der Waals surface area contributed by atoms with E-state index in [1.165, 1.54) is 148 Å². The molecule has 73 heavy (non-hydrogen) atoms. The van der Waals surface area contributed by atoms with E-state index in [1.54, 1.807) is 0 Å². The molecule has 0 saturated heterocycles. The zero-order valence-corrected chi connectivity index (χ0v) is 48.1. The first-order chi connectivity index (χ1) is 36.0. The molecule has 0 aromatic carbocycles. The van der Waals surface area contributed by atoms with Gasteiger partial charge in [0, 0.05) is 19.3 Å². The Morgan fingerprint density at radius 2 is 0.534 bits per heavy atom. The Labute approximate surface area is 452 Å². The zero-order valence-electron chi connectivity index (χ0n) is 48.1. The number of hydrogen-bond donors (Lipinski definition) is 0. The molecule has 0 bridgehead atoms. The van der Waals surface area contributed by atoms with Crippen LogP contribution in [0.3, 0.4) is 0 Å². The third-order valence-corrected chi connectivity index (χ3v) is 13.4. The Balaban J connectivity index is 4.41. The summed E-state index contributed by atoms with van der Waals surface area (Å²) in [6.45, 7) is 6.51. The predicted octanol–water partition coefficient (Wildman–Crippen LogP) is 21.1. The van der Waals surface area contributed by atoms with Gasteiger partial charge in [0.1, 0.15) is 13.2 Å².